The van der Waals surface area contributed by atoms with Crippen LogP contribution in [0, 0.1) is 0 Å². The van der Waals surface area contributed by atoms with Gasteiger partial charge in [-0.1, -0.05) is 48.5 Å². The third-order valence-corrected chi connectivity index (χ3v) is 7.56. The van der Waals surface area contributed by atoms with Gasteiger partial charge in [0, 0.05) is 26.0 Å². The standard InChI is InChI=1S/C26H30N2O6S/c1-28(26(24(30)31)12-13-33-16-26)23(29)22(11-14-35-2)27-25(32)34-15-21-19-9-5-3-7-17(19)18-8-4-6-10-20(18)21/h3-10,21-22H,11-16H2,1-2H3,(H,27,32)(H,30,31). The third-order valence-electron chi connectivity index (χ3n) is 6.92. The van der Waals surface area contributed by atoms with Crippen molar-refractivity contribution in [2.45, 2.75) is 30.3 Å². The maximum atomic E-state index is 13.3. The maximum Gasteiger partial charge on any atom is 0.407 e. The fourth-order valence-corrected chi connectivity index (χ4v) is 5.32. The summed E-state index contributed by atoms with van der Waals surface area (Å²) in [6, 6.07) is 15.2. The van der Waals surface area contributed by atoms with Gasteiger partial charge in [0.15, 0.2) is 5.54 Å². The summed E-state index contributed by atoms with van der Waals surface area (Å²) in [7, 11) is 1.45. The maximum absolute atomic E-state index is 13.3. The fourth-order valence-electron chi connectivity index (χ4n) is 4.85. The summed E-state index contributed by atoms with van der Waals surface area (Å²) in [6.45, 7) is 0.315. The molecular weight excluding hydrogens is 468 g/mol. The van der Waals surface area contributed by atoms with Crippen LogP contribution in [0.25, 0.3) is 11.1 Å². The lowest BCUT2D eigenvalue weighted by Crippen LogP contribution is -2.60. The Bertz CT molecular complexity index is 1060. The summed E-state index contributed by atoms with van der Waals surface area (Å²) in [6.07, 6.45) is 1.75. The van der Waals surface area contributed by atoms with E-state index in [4.69, 9.17) is 9.47 Å². The van der Waals surface area contributed by atoms with Crippen molar-refractivity contribution in [3.63, 3.8) is 0 Å². The van der Waals surface area contributed by atoms with Gasteiger partial charge in [-0.3, -0.25) is 4.79 Å². The summed E-state index contributed by atoms with van der Waals surface area (Å²) in [5.41, 5.74) is 3.02. The van der Waals surface area contributed by atoms with E-state index in [0.29, 0.717) is 12.2 Å². The predicted octanol–water partition coefficient (Wildman–Crippen LogP) is 3.35. The molecule has 1 aliphatic heterocycles. The lowest BCUT2D eigenvalue weighted by Gasteiger charge is -2.35. The molecule has 2 N–H and O–H groups in total. The van der Waals surface area contributed by atoms with Gasteiger partial charge in [-0.15, -0.1) is 0 Å². The number of carbonyl (C=O) groups is 3. The molecule has 0 spiro atoms. The molecule has 1 fully saturated rings. The average molecular weight is 499 g/mol. The number of thioether (sulfide) groups is 1. The van der Waals surface area contributed by atoms with Gasteiger partial charge in [-0.2, -0.15) is 11.8 Å². The number of rotatable bonds is 9. The largest absolute Gasteiger partial charge is 0.479 e. The van der Waals surface area contributed by atoms with Crippen molar-refractivity contribution in [3.05, 3.63) is 59.7 Å². The van der Waals surface area contributed by atoms with E-state index >= 15 is 0 Å². The Hall–Kier alpha value is -3.04. The van der Waals surface area contributed by atoms with E-state index in [1.54, 1.807) is 0 Å². The second kappa shape index (κ2) is 10.7. The second-order valence-corrected chi connectivity index (χ2v) is 9.83. The molecule has 1 heterocycles. The third kappa shape index (κ3) is 4.88. The molecule has 2 atom stereocenters. The molecule has 0 radical (unpaired) electrons. The number of nitrogens with one attached hydrogen (secondary N) is 1. The quantitative estimate of drug-likeness (QED) is 0.546. The Balaban J connectivity index is 1.45. The van der Waals surface area contributed by atoms with Gasteiger partial charge in [-0.25, -0.2) is 9.59 Å². The smallest absolute Gasteiger partial charge is 0.407 e. The molecule has 0 saturated carbocycles. The number of fused-ring (bicyclic) bond motifs is 3. The Kier molecular flexibility index (Phi) is 7.66. The number of nitrogens with zero attached hydrogens (tertiary/aromatic N) is 1. The minimum atomic E-state index is -1.43. The summed E-state index contributed by atoms with van der Waals surface area (Å²) >= 11 is 1.54. The number of carbonyl (C=O) groups excluding carboxylic acids is 2. The van der Waals surface area contributed by atoms with E-state index in [1.165, 1.54) is 23.7 Å². The Morgan fingerprint density at radius 2 is 1.80 bits per heavy atom. The van der Waals surface area contributed by atoms with Gasteiger partial charge >= 0.3 is 12.1 Å². The first-order chi connectivity index (χ1) is 16.9. The van der Waals surface area contributed by atoms with E-state index < -0.39 is 29.6 Å². The van der Waals surface area contributed by atoms with Crippen LogP contribution in [-0.4, -0.2) is 78.4 Å². The number of benzene rings is 2. The molecule has 8 nitrogen and oxygen atoms in total. The molecular formula is C26H30N2O6S. The Morgan fingerprint density at radius 1 is 1.17 bits per heavy atom. The molecule has 1 aliphatic carbocycles. The molecule has 35 heavy (non-hydrogen) atoms. The highest BCUT2D eigenvalue weighted by molar-refractivity contribution is 7.98. The van der Waals surface area contributed by atoms with Crippen LogP contribution in [0.15, 0.2) is 48.5 Å². The molecule has 0 bridgehead atoms. The van der Waals surface area contributed by atoms with Crippen LogP contribution in [0.2, 0.25) is 0 Å². The van der Waals surface area contributed by atoms with Crippen LogP contribution in [0.1, 0.15) is 29.9 Å². The first kappa shape index (κ1) is 25.1. The Morgan fingerprint density at radius 3 is 2.34 bits per heavy atom. The molecule has 1 saturated heterocycles. The highest BCUT2D eigenvalue weighted by Gasteiger charge is 2.49. The number of hydrogen-bond acceptors (Lipinski definition) is 6. The normalized spacial score (nSPS) is 19.5. The molecule has 4 rings (SSSR count). The van der Waals surface area contributed by atoms with Gasteiger partial charge < -0.3 is 24.8 Å². The van der Waals surface area contributed by atoms with E-state index in [1.807, 2.05) is 42.7 Å². The fraction of sp³-hybridized carbons (Fsp3) is 0.423. The lowest BCUT2D eigenvalue weighted by molar-refractivity contribution is -0.158. The van der Waals surface area contributed by atoms with Crippen LogP contribution < -0.4 is 5.32 Å². The van der Waals surface area contributed by atoms with Gasteiger partial charge in [0.25, 0.3) is 0 Å². The van der Waals surface area contributed by atoms with Crippen molar-refractivity contribution in [3.8, 4) is 11.1 Å². The second-order valence-electron chi connectivity index (χ2n) is 8.84. The van der Waals surface area contributed by atoms with Crippen LogP contribution in [0.4, 0.5) is 4.79 Å². The van der Waals surface area contributed by atoms with Gasteiger partial charge in [0.05, 0.1) is 6.61 Å². The summed E-state index contributed by atoms with van der Waals surface area (Å²) in [4.78, 5) is 39.3. The van der Waals surface area contributed by atoms with E-state index in [-0.39, 0.29) is 32.2 Å². The predicted molar refractivity (Wildman–Crippen MR) is 134 cm³/mol. The van der Waals surface area contributed by atoms with E-state index in [9.17, 15) is 19.5 Å². The number of carboxylic acid groups (broad SMARTS) is 1. The van der Waals surface area contributed by atoms with E-state index in [0.717, 1.165) is 22.3 Å². The molecule has 2 amide bonds. The number of amides is 2. The number of alkyl carbamates (subject to hydrolysis) is 1. The van der Waals surface area contributed by atoms with Crippen molar-refractivity contribution >= 4 is 29.7 Å². The molecule has 2 unspecified atom stereocenters. The number of aliphatic carboxylic acids is 1. The van der Waals surface area contributed by atoms with E-state index in [2.05, 4.69) is 17.4 Å². The van der Waals surface area contributed by atoms with Crippen molar-refractivity contribution in [1.29, 1.82) is 0 Å². The molecule has 0 aromatic heterocycles. The topological polar surface area (TPSA) is 105 Å². The van der Waals surface area contributed by atoms with Crippen molar-refractivity contribution in [1.82, 2.24) is 10.2 Å². The number of hydrogen-bond donors (Lipinski definition) is 2. The van der Waals surface area contributed by atoms with Crippen molar-refractivity contribution in [2.75, 3.05) is 38.9 Å². The number of ether oxygens (including phenoxy) is 2. The van der Waals surface area contributed by atoms with Crippen LogP contribution in [-0.2, 0) is 19.1 Å². The highest BCUT2D eigenvalue weighted by atomic mass is 32.2. The summed E-state index contributed by atoms with van der Waals surface area (Å²) in [5.74, 6) is -1.07. The molecule has 9 heteroatoms. The van der Waals surface area contributed by atoms with Gasteiger partial charge in [-0.05, 0) is 40.7 Å². The first-order valence-corrected chi connectivity index (χ1v) is 13.0. The Labute approximate surface area is 209 Å². The zero-order chi connectivity index (χ0) is 25.0. The number of carboxylic acids is 1. The molecule has 2 aromatic carbocycles. The zero-order valence-electron chi connectivity index (χ0n) is 19.9. The van der Waals surface area contributed by atoms with Crippen molar-refractivity contribution < 1.29 is 29.0 Å². The number of likely N-dealkylation sites (N-methyl/N-ethyl adjacent to an activating group) is 1. The molecule has 186 valence electrons. The van der Waals surface area contributed by atoms with Gasteiger partial charge in [0.1, 0.15) is 12.6 Å². The SMILES string of the molecule is CSCCC(NC(=O)OCC1c2ccccc2-c2ccccc21)C(=O)N(C)C1(C(=O)O)CCOC1. The van der Waals surface area contributed by atoms with Crippen LogP contribution in [0.5, 0.6) is 0 Å². The van der Waals surface area contributed by atoms with Crippen molar-refractivity contribution in [2.24, 2.45) is 0 Å². The minimum absolute atomic E-state index is 0.0786. The molecule has 2 aromatic rings. The van der Waals surface area contributed by atoms with Crippen LogP contribution >= 0.6 is 11.8 Å². The highest BCUT2D eigenvalue weighted by Crippen LogP contribution is 2.44. The van der Waals surface area contributed by atoms with Gasteiger partial charge in [0.2, 0.25) is 5.91 Å². The summed E-state index contributed by atoms with van der Waals surface area (Å²) in [5, 5.41) is 12.5. The molecule has 2 aliphatic rings. The first-order valence-electron chi connectivity index (χ1n) is 11.6. The van der Waals surface area contributed by atoms with Crippen LogP contribution in [0.3, 0.4) is 0 Å². The zero-order valence-corrected chi connectivity index (χ0v) is 20.7. The monoisotopic (exact) mass is 498 g/mol. The lowest BCUT2D eigenvalue weighted by atomic mass is 9.95. The minimum Gasteiger partial charge on any atom is -0.479 e. The average Bonchev–Trinajstić information content (AvgIpc) is 3.49. The summed E-state index contributed by atoms with van der Waals surface area (Å²) < 4.78 is 10.9.